The summed E-state index contributed by atoms with van der Waals surface area (Å²) in [6.45, 7) is 1.72. The number of rotatable bonds is 2. The fraction of sp³-hybridized carbons (Fsp3) is 0.0833. The quantitative estimate of drug-likeness (QED) is 0.808. The Morgan fingerprint density at radius 1 is 1.17 bits per heavy atom. The molecule has 1 aromatic heterocycles. The highest BCUT2D eigenvalue weighted by Crippen LogP contribution is 2.25. The maximum Gasteiger partial charge on any atom is 0.182 e. The summed E-state index contributed by atoms with van der Waals surface area (Å²) in [6, 6.07) is 4.54. The average Bonchev–Trinajstić information content (AvgIpc) is 2.30. The summed E-state index contributed by atoms with van der Waals surface area (Å²) in [5.41, 5.74) is 6.18. The molecular weight excluding hydrogens is 243 g/mol. The zero-order valence-corrected chi connectivity index (χ0v) is 9.47. The SMILES string of the molecule is Cc1ccc(N)c(Nc2cc(F)cc(F)c2F)n1. The van der Waals surface area contributed by atoms with Crippen LogP contribution in [0, 0.1) is 24.4 Å². The molecule has 6 heteroatoms. The van der Waals surface area contributed by atoms with Crippen molar-refractivity contribution in [3.8, 4) is 0 Å². The Kier molecular flexibility index (Phi) is 3.10. The van der Waals surface area contributed by atoms with Gasteiger partial charge in [-0.05, 0) is 19.1 Å². The van der Waals surface area contributed by atoms with Crippen LogP contribution in [0.15, 0.2) is 24.3 Å². The summed E-state index contributed by atoms with van der Waals surface area (Å²) in [7, 11) is 0. The number of hydrogen-bond acceptors (Lipinski definition) is 3. The fourth-order valence-corrected chi connectivity index (χ4v) is 1.44. The smallest absolute Gasteiger partial charge is 0.182 e. The van der Waals surface area contributed by atoms with Gasteiger partial charge in [0.25, 0.3) is 0 Å². The highest BCUT2D eigenvalue weighted by molar-refractivity contribution is 5.69. The molecule has 0 bridgehead atoms. The number of aryl methyl sites for hydroxylation is 1. The number of nitrogen functional groups attached to an aromatic ring is 1. The van der Waals surface area contributed by atoms with Crippen molar-refractivity contribution in [2.24, 2.45) is 0 Å². The number of halogens is 3. The van der Waals surface area contributed by atoms with Crippen molar-refractivity contribution in [2.75, 3.05) is 11.1 Å². The molecule has 0 aliphatic heterocycles. The normalized spacial score (nSPS) is 10.4. The van der Waals surface area contributed by atoms with Crippen molar-refractivity contribution in [3.05, 3.63) is 47.4 Å². The molecule has 0 saturated carbocycles. The topological polar surface area (TPSA) is 50.9 Å². The minimum absolute atomic E-state index is 0.152. The zero-order valence-electron chi connectivity index (χ0n) is 9.47. The second-order valence-corrected chi connectivity index (χ2v) is 3.76. The lowest BCUT2D eigenvalue weighted by molar-refractivity contribution is 0.498. The van der Waals surface area contributed by atoms with E-state index in [2.05, 4.69) is 10.3 Å². The average molecular weight is 253 g/mol. The largest absolute Gasteiger partial charge is 0.396 e. The number of pyridine rings is 1. The standard InChI is InChI=1S/C12H10F3N3/c1-6-2-3-9(16)12(17-6)18-10-5-7(13)4-8(14)11(10)15/h2-5H,16H2,1H3,(H,17,18). The first-order valence-corrected chi connectivity index (χ1v) is 5.12. The highest BCUT2D eigenvalue weighted by Gasteiger charge is 2.12. The van der Waals surface area contributed by atoms with Gasteiger partial charge < -0.3 is 11.1 Å². The van der Waals surface area contributed by atoms with E-state index in [9.17, 15) is 13.2 Å². The van der Waals surface area contributed by atoms with Gasteiger partial charge in [-0.15, -0.1) is 0 Å². The van der Waals surface area contributed by atoms with E-state index in [4.69, 9.17) is 5.73 Å². The van der Waals surface area contributed by atoms with E-state index in [1.165, 1.54) is 0 Å². The summed E-state index contributed by atoms with van der Waals surface area (Å²) in [5.74, 6) is -3.19. The minimum Gasteiger partial charge on any atom is -0.396 e. The molecule has 0 fully saturated rings. The van der Waals surface area contributed by atoms with Crippen molar-refractivity contribution in [1.29, 1.82) is 0 Å². The maximum atomic E-state index is 13.4. The Morgan fingerprint density at radius 3 is 2.61 bits per heavy atom. The lowest BCUT2D eigenvalue weighted by Crippen LogP contribution is -2.03. The molecule has 94 valence electrons. The molecule has 2 rings (SSSR count). The van der Waals surface area contributed by atoms with E-state index in [0.717, 1.165) is 6.07 Å². The predicted octanol–water partition coefficient (Wildman–Crippen LogP) is 3.13. The molecule has 0 spiro atoms. The van der Waals surface area contributed by atoms with E-state index in [1.807, 2.05) is 0 Å². The lowest BCUT2D eigenvalue weighted by Gasteiger charge is -2.10. The molecule has 0 aliphatic carbocycles. The molecule has 0 radical (unpaired) electrons. The summed E-state index contributed by atoms with van der Waals surface area (Å²) in [6.07, 6.45) is 0. The number of hydrogen-bond donors (Lipinski definition) is 2. The molecule has 1 heterocycles. The van der Waals surface area contributed by atoms with Crippen molar-refractivity contribution in [3.63, 3.8) is 0 Å². The van der Waals surface area contributed by atoms with Crippen LogP contribution in [0.4, 0.5) is 30.4 Å². The van der Waals surface area contributed by atoms with Crippen molar-refractivity contribution in [1.82, 2.24) is 4.98 Å². The van der Waals surface area contributed by atoms with Gasteiger partial charge in [-0.3, -0.25) is 0 Å². The molecule has 1 aromatic carbocycles. The third-order valence-corrected chi connectivity index (χ3v) is 2.31. The van der Waals surface area contributed by atoms with E-state index in [1.54, 1.807) is 19.1 Å². The maximum absolute atomic E-state index is 13.4. The molecule has 0 atom stereocenters. The van der Waals surface area contributed by atoms with Gasteiger partial charge in [-0.1, -0.05) is 0 Å². The Hall–Kier alpha value is -2.24. The number of nitrogens with one attached hydrogen (secondary N) is 1. The minimum atomic E-state index is -1.27. The zero-order chi connectivity index (χ0) is 13.3. The molecule has 0 amide bonds. The van der Waals surface area contributed by atoms with Gasteiger partial charge in [-0.2, -0.15) is 0 Å². The molecular formula is C12H10F3N3. The van der Waals surface area contributed by atoms with Gasteiger partial charge >= 0.3 is 0 Å². The Labute approximate surface area is 101 Å². The number of anilines is 3. The monoisotopic (exact) mass is 253 g/mol. The third kappa shape index (κ3) is 2.37. The summed E-state index contributed by atoms with van der Waals surface area (Å²) in [4.78, 5) is 4.02. The first-order chi connectivity index (χ1) is 8.47. The second-order valence-electron chi connectivity index (χ2n) is 3.76. The van der Waals surface area contributed by atoms with Gasteiger partial charge in [0.1, 0.15) is 5.82 Å². The molecule has 3 nitrogen and oxygen atoms in total. The fourth-order valence-electron chi connectivity index (χ4n) is 1.44. The van der Waals surface area contributed by atoms with Crippen LogP contribution >= 0.6 is 0 Å². The van der Waals surface area contributed by atoms with Gasteiger partial charge in [0.05, 0.1) is 11.4 Å². The molecule has 0 saturated heterocycles. The van der Waals surface area contributed by atoms with Crippen LogP contribution in [0.2, 0.25) is 0 Å². The summed E-state index contributed by atoms with van der Waals surface area (Å²) in [5, 5.41) is 2.47. The molecule has 2 aromatic rings. The van der Waals surface area contributed by atoms with Gasteiger partial charge in [-0.25, -0.2) is 18.2 Å². The van der Waals surface area contributed by atoms with Crippen molar-refractivity contribution in [2.45, 2.75) is 6.92 Å². The van der Waals surface area contributed by atoms with Crippen LogP contribution in [0.3, 0.4) is 0 Å². The van der Waals surface area contributed by atoms with Crippen LogP contribution in [0.5, 0.6) is 0 Å². The van der Waals surface area contributed by atoms with Crippen LogP contribution in [0.25, 0.3) is 0 Å². The summed E-state index contributed by atoms with van der Waals surface area (Å²) < 4.78 is 39.4. The van der Waals surface area contributed by atoms with Gasteiger partial charge in [0.2, 0.25) is 0 Å². The van der Waals surface area contributed by atoms with E-state index < -0.39 is 17.5 Å². The van der Waals surface area contributed by atoms with Crippen molar-refractivity contribution < 1.29 is 13.2 Å². The molecule has 18 heavy (non-hydrogen) atoms. The second kappa shape index (κ2) is 4.56. The van der Waals surface area contributed by atoms with Crippen LogP contribution < -0.4 is 11.1 Å². The summed E-state index contributed by atoms with van der Waals surface area (Å²) >= 11 is 0. The third-order valence-electron chi connectivity index (χ3n) is 2.31. The first kappa shape index (κ1) is 12.2. The molecule has 0 aliphatic rings. The van der Waals surface area contributed by atoms with E-state index in [-0.39, 0.29) is 17.2 Å². The van der Waals surface area contributed by atoms with Crippen LogP contribution in [-0.4, -0.2) is 4.98 Å². The van der Waals surface area contributed by atoms with Gasteiger partial charge in [0, 0.05) is 17.8 Å². The number of nitrogens with zero attached hydrogens (tertiary/aromatic N) is 1. The highest BCUT2D eigenvalue weighted by atomic mass is 19.2. The van der Waals surface area contributed by atoms with Crippen LogP contribution in [-0.2, 0) is 0 Å². The molecule has 3 N–H and O–H groups in total. The van der Waals surface area contributed by atoms with Gasteiger partial charge in [0.15, 0.2) is 17.5 Å². The predicted molar refractivity (Wildman–Crippen MR) is 63.0 cm³/mol. The lowest BCUT2D eigenvalue weighted by atomic mass is 10.2. The Balaban J connectivity index is 2.43. The van der Waals surface area contributed by atoms with Crippen LogP contribution in [0.1, 0.15) is 5.69 Å². The van der Waals surface area contributed by atoms with Crippen molar-refractivity contribution >= 4 is 17.2 Å². The first-order valence-electron chi connectivity index (χ1n) is 5.12. The molecule has 0 unspecified atom stereocenters. The number of nitrogens with two attached hydrogens (primary N) is 1. The van der Waals surface area contributed by atoms with E-state index in [0.29, 0.717) is 11.8 Å². The Bertz CT molecular complexity index is 599. The van der Waals surface area contributed by atoms with E-state index >= 15 is 0 Å². The number of benzene rings is 1. The number of aromatic nitrogens is 1. The Morgan fingerprint density at radius 2 is 1.89 bits per heavy atom.